The van der Waals surface area contributed by atoms with Crippen molar-refractivity contribution in [2.45, 2.75) is 31.6 Å². The normalized spacial score (nSPS) is 20.8. The number of rotatable bonds is 5. The van der Waals surface area contributed by atoms with E-state index in [0.717, 1.165) is 12.8 Å². The van der Waals surface area contributed by atoms with Crippen LogP contribution in [0.25, 0.3) is 0 Å². The second-order valence-corrected chi connectivity index (χ2v) is 5.53. The molecule has 6 heteroatoms. The van der Waals surface area contributed by atoms with Gasteiger partial charge >= 0.3 is 0 Å². The molecule has 2 aromatic rings. The summed E-state index contributed by atoms with van der Waals surface area (Å²) in [6.07, 6.45) is 3.56. The lowest BCUT2D eigenvalue weighted by atomic mass is 9.89. The molecule has 5 nitrogen and oxygen atoms in total. The van der Waals surface area contributed by atoms with Crippen LogP contribution in [0.15, 0.2) is 36.7 Å². The molecular formula is C15H17ClN4O. The van der Waals surface area contributed by atoms with E-state index in [2.05, 4.69) is 27.4 Å². The van der Waals surface area contributed by atoms with Crippen LogP contribution in [0.2, 0.25) is 5.02 Å². The first-order chi connectivity index (χ1) is 10.2. The summed E-state index contributed by atoms with van der Waals surface area (Å²) in [5, 5.41) is 3.65. The largest absolute Gasteiger partial charge is 0.382 e. The zero-order chi connectivity index (χ0) is 14.7. The Morgan fingerprint density at radius 2 is 2.00 bits per heavy atom. The molecule has 1 fully saturated rings. The molecule has 3 N–H and O–H groups in total. The zero-order valence-corrected chi connectivity index (χ0v) is 12.3. The number of anilines is 2. The summed E-state index contributed by atoms with van der Waals surface area (Å²) >= 11 is 6.05. The predicted octanol–water partition coefficient (Wildman–Crippen LogP) is 2.87. The quantitative estimate of drug-likeness (QED) is 0.888. The van der Waals surface area contributed by atoms with Crippen molar-refractivity contribution < 1.29 is 4.74 Å². The van der Waals surface area contributed by atoms with Gasteiger partial charge in [0.1, 0.15) is 17.2 Å². The van der Waals surface area contributed by atoms with Crippen LogP contribution in [-0.2, 0) is 11.3 Å². The minimum Gasteiger partial charge on any atom is -0.382 e. The van der Waals surface area contributed by atoms with Gasteiger partial charge in [0.15, 0.2) is 5.82 Å². The summed E-state index contributed by atoms with van der Waals surface area (Å²) in [6.45, 7) is 0.652. The van der Waals surface area contributed by atoms with Crippen LogP contribution in [0.5, 0.6) is 0 Å². The Bertz CT molecular complexity index is 602. The highest BCUT2D eigenvalue weighted by Gasteiger charge is 2.30. The summed E-state index contributed by atoms with van der Waals surface area (Å²) in [5.74, 6) is 0.890. The Morgan fingerprint density at radius 1 is 1.24 bits per heavy atom. The maximum Gasteiger partial charge on any atom is 0.150 e. The number of nitrogen functional groups attached to an aromatic ring is 1. The van der Waals surface area contributed by atoms with Gasteiger partial charge in [-0.2, -0.15) is 0 Å². The minimum absolute atomic E-state index is 0.278. The van der Waals surface area contributed by atoms with Crippen molar-refractivity contribution in [1.82, 2.24) is 9.97 Å². The molecule has 1 aromatic carbocycles. The van der Waals surface area contributed by atoms with Crippen molar-refractivity contribution in [3.63, 3.8) is 0 Å². The van der Waals surface area contributed by atoms with Crippen LogP contribution in [0.4, 0.5) is 11.6 Å². The molecule has 21 heavy (non-hydrogen) atoms. The molecule has 1 aromatic heterocycles. The monoisotopic (exact) mass is 304 g/mol. The van der Waals surface area contributed by atoms with Gasteiger partial charge in [0, 0.05) is 6.04 Å². The number of nitrogens with zero attached hydrogens (tertiary/aromatic N) is 2. The molecular weight excluding hydrogens is 288 g/mol. The number of hydrogen-bond donors (Lipinski definition) is 2. The molecule has 0 unspecified atom stereocenters. The van der Waals surface area contributed by atoms with E-state index in [1.807, 2.05) is 18.2 Å². The standard InChI is InChI=1S/C15H17ClN4O/c16-13-14(17)18-9-19-15(13)20-11-6-12(7-11)21-8-10-4-2-1-3-5-10/h1-5,9,11-12H,6-8H2,(H3,17,18,19,20). The van der Waals surface area contributed by atoms with Crippen molar-refractivity contribution in [2.75, 3.05) is 11.1 Å². The number of nitrogens with one attached hydrogen (secondary N) is 1. The van der Waals surface area contributed by atoms with Gasteiger partial charge in [-0.1, -0.05) is 41.9 Å². The molecule has 0 saturated heterocycles. The van der Waals surface area contributed by atoms with Gasteiger partial charge in [0.25, 0.3) is 0 Å². The Labute approximate surface area is 128 Å². The molecule has 0 bridgehead atoms. The molecule has 110 valence electrons. The number of hydrogen-bond acceptors (Lipinski definition) is 5. The molecule has 0 radical (unpaired) electrons. The first-order valence-electron chi connectivity index (χ1n) is 6.90. The van der Waals surface area contributed by atoms with E-state index >= 15 is 0 Å². The average Bonchev–Trinajstić information content (AvgIpc) is 2.46. The second-order valence-electron chi connectivity index (χ2n) is 5.15. The summed E-state index contributed by atoms with van der Waals surface area (Å²) < 4.78 is 5.86. The first kappa shape index (κ1) is 14.1. The van der Waals surface area contributed by atoms with Crippen molar-refractivity contribution >= 4 is 23.2 Å². The topological polar surface area (TPSA) is 73.1 Å². The fourth-order valence-electron chi connectivity index (χ4n) is 2.29. The lowest BCUT2D eigenvalue weighted by molar-refractivity contribution is -0.0150. The maximum atomic E-state index is 6.05. The third-order valence-corrected chi connectivity index (χ3v) is 3.95. The van der Waals surface area contributed by atoms with E-state index in [9.17, 15) is 0 Å². The Morgan fingerprint density at radius 3 is 2.76 bits per heavy atom. The lowest BCUT2D eigenvalue weighted by Gasteiger charge is -2.36. The van der Waals surface area contributed by atoms with Gasteiger partial charge in [-0.05, 0) is 18.4 Å². The van der Waals surface area contributed by atoms with E-state index in [4.69, 9.17) is 22.1 Å². The van der Waals surface area contributed by atoms with Gasteiger partial charge in [-0.3, -0.25) is 0 Å². The van der Waals surface area contributed by atoms with Crippen LogP contribution in [0.1, 0.15) is 18.4 Å². The molecule has 0 aliphatic heterocycles. The molecule has 3 rings (SSSR count). The lowest BCUT2D eigenvalue weighted by Crippen LogP contribution is -2.41. The number of ether oxygens (including phenoxy) is 1. The number of benzene rings is 1. The minimum atomic E-state index is 0.278. The smallest absolute Gasteiger partial charge is 0.150 e. The predicted molar refractivity (Wildman–Crippen MR) is 83.1 cm³/mol. The Kier molecular flexibility index (Phi) is 4.22. The summed E-state index contributed by atoms with van der Waals surface area (Å²) in [4.78, 5) is 7.94. The maximum absolute atomic E-state index is 6.05. The molecule has 0 spiro atoms. The van der Waals surface area contributed by atoms with Crippen molar-refractivity contribution in [2.24, 2.45) is 0 Å². The molecule has 0 amide bonds. The Hall–Kier alpha value is -1.85. The van der Waals surface area contributed by atoms with E-state index in [1.165, 1.54) is 11.9 Å². The highest BCUT2D eigenvalue weighted by molar-refractivity contribution is 6.35. The highest BCUT2D eigenvalue weighted by Crippen LogP contribution is 2.30. The first-order valence-corrected chi connectivity index (χ1v) is 7.28. The number of nitrogens with two attached hydrogens (primary N) is 1. The van der Waals surface area contributed by atoms with Gasteiger partial charge in [0.2, 0.25) is 0 Å². The second kappa shape index (κ2) is 6.28. The summed E-state index contributed by atoms with van der Waals surface area (Å²) in [6, 6.07) is 10.5. The van der Waals surface area contributed by atoms with Gasteiger partial charge in [-0.25, -0.2) is 9.97 Å². The molecule has 1 saturated carbocycles. The van der Waals surface area contributed by atoms with E-state index in [0.29, 0.717) is 29.3 Å². The third-order valence-electron chi connectivity index (χ3n) is 3.58. The molecule has 1 aliphatic rings. The van der Waals surface area contributed by atoms with Crippen LogP contribution >= 0.6 is 11.6 Å². The third kappa shape index (κ3) is 3.43. The summed E-state index contributed by atoms with van der Waals surface area (Å²) in [5.41, 5.74) is 6.84. The number of halogens is 1. The zero-order valence-electron chi connectivity index (χ0n) is 11.5. The van der Waals surface area contributed by atoms with Crippen LogP contribution in [-0.4, -0.2) is 22.1 Å². The van der Waals surface area contributed by atoms with Gasteiger partial charge in [-0.15, -0.1) is 0 Å². The van der Waals surface area contributed by atoms with Crippen molar-refractivity contribution in [1.29, 1.82) is 0 Å². The van der Waals surface area contributed by atoms with E-state index in [1.54, 1.807) is 0 Å². The number of aromatic nitrogens is 2. The van der Waals surface area contributed by atoms with Crippen LogP contribution in [0.3, 0.4) is 0 Å². The van der Waals surface area contributed by atoms with Crippen LogP contribution < -0.4 is 11.1 Å². The van der Waals surface area contributed by atoms with E-state index < -0.39 is 0 Å². The highest BCUT2D eigenvalue weighted by atomic mass is 35.5. The molecule has 0 atom stereocenters. The van der Waals surface area contributed by atoms with Crippen LogP contribution in [0, 0.1) is 0 Å². The molecule has 1 heterocycles. The van der Waals surface area contributed by atoms with Crippen molar-refractivity contribution in [3.8, 4) is 0 Å². The molecule has 1 aliphatic carbocycles. The SMILES string of the molecule is Nc1ncnc(NC2CC(OCc3ccccc3)C2)c1Cl. The van der Waals surface area contributed by atoms with Crippen molar-refractivity contribution in [3.05, 3.63) is 47.2 Å². The fraction of sp³-hybridized carbons (Fsp3) is 0.333. The van der Waals surface area contributed by atoms with Gasteiger partial charge < -0.3 is 15.8 Å². The average molecular weight is 305 g/mol. The fourth-order valence-corrected chi connectivity index (χ4v) is 2.44. The van der Waals surface area contributed by atoms with Gasteiger partial charge in [0.05, 0.1) is 12.7 Å². The van der Waals surface area contributed by atoms with E-state index in [-0.39, 0.29) is 6.10 Å². The summed E-state index contributed by atoms with van der Waals surface area (Å²) in [7, 11) is 0. The Balaban J connectivity index is 1.45.